The molecule has 0 aromatic carbocycles. The van der Waals surface area contributed by atoms with E-state index in [0.717, 1.165) is 42.6 Å². The number of carbonyl (C=O) groups is 1. The van der Waals surface area contributed by atoms with Crippen LogP contribution in [0.25, 0.3) is 0 Å². The van der Waals surface area contributed by atoms with Gasteiger partial charge in [0.25, 0.3) is 0 Å². The monoisotopic (exact) mass is 402 g/mol. The standard InChI is InChI=1S/C26H42O3/c1-17(5-10-23(27)28-4)20-8-9-21-19-7-6-18-15-26(16-29-26)14-13-24(18,2)22(19)11-12-25(20,21)3/h17-22H,5-16H2,1-4H3/t17?,18-,19?,20?,21?,22?,24+,25-,26+/m0/s1. The Kier molecular flexibility index (Phi) is 4.89. The number of carbonyl (C=O) groups excluding carboxylic acids is 1. The van der Waals surface area contributed by atoms with Crippen molar-refractivity contribution in [2.24, 2.45) is 46.3 Å². The second-order valence-electron chi connectivity index (χ2n) is 12.2. The van der Waals surface area contributed by atoms with Crippen molar-refractivity contribution < 1.29 is 14.3 Å². The maximum absolute atomic E-state index is 11.7. The van der Waals surface area contributed by atoms with Crippen LogP contribution in [0.15, 0.2) is 0 Å². The summed E-state index contributed by atoms with van der Waals surface area (Å²) >= 11 is 0. The zero-order valence-electron chi connectivity index (χ0n) is 19.2. The Bertz CT molecular complexity index is 654. The molecule has 1 heterocycles. The van der Waals surface area contributed by atoms with Gasteiger partial charge in [-0.3, -0.25) is 4.79 Å². The number of methoxy groups -OCH3 is 1. The molecule has 0 aromatic heterocycles. The van der Waals surface area contributed by atoms with Crippen molar-refractivity contribution in [2.75, 3.05) is 13.7 Å². The highest BCUT2D eigenvalue weighted by Crippen LogP contribution is 2.69. The van der Waals surface area contributed by atoms with Crippen LogP contribution in [0.4, 0.5) is 0 Å². The first-order valence-corrected chi connectivity index (χ1v) is 12.5. The van der Waals surface area contributed by atoms with Crippen molar-refractivity contribution in [1.29, 1.82) is 0 Å². The lowest BCUT2D eigenvalue weighted by Crippen LogP contribution is -2.54. The van der Waals surface area contributed by atoms with E-state index in [0.29, 0.717) is 28.8 Å². The van der Waals surface area contributed by atoms with Gasteiger partial charge in [0.05, 0.1) is 19.3 Å². The average Bonchev–Trinajstić information content (AvgIpc) is 3.37. The molecular formula is C26H42O3. The van der Waals surface area contributed by atoms with Gasteiger partial charge >= 0.3 is 5.97 Å². The Hall–Kier alpha value is -0.570. The Balaban J connectivity index is 1.30. The van der Waals surface area contributed by atoms with Crippen molar-refractivity contribution in [3.8, 4) is 0 Å². The fourth-order valence-electron chi connectivity index (χ4n) is 9.30. The van der Waals surface area contributed by atoms with Crippen molar-refractivity contribution in [3.63, 3.8) is 0 Å². The van der Waals surface area contributed by atoms with Gasteiger partial charge in [-0.05, 0) is 111 Å². The summed E-state index contributed by atoms with van der Waals surface area (Å²) in [6, 6.07) is 0. The first-order valence-electron chi connectivity index (χ1n) is 12.5. The van der Waals surface area contributed by atoms with E-state index in [1.165, 1.54) is 64.9 Å². The van der Waals surface area contributed by atoms with Gasteiger partial charge in [0.15, 0.2) is 0 Å². The summed E-state index contributed by atoms with van der Waals surface area (Å²) in [6.07, 6.45) is 14.2. The highest BCUT2D eigenvalue weighted by atomic mass is 16.6. The Morgan fingerprint density at radius 2 is 1.79 bits per heavy atom. The molecule has 1 aliphatic heterocycles. The van der Waals surface area contributed by atoms with E-state index in [9.17, 15) is 4.79 Å². The highest BCUT2D eigenvalue weighted by molar-refractivity contribution is 5.69. The molecule has 5 aliphatic rings. The molecule has 9 atom stereocenters. The van der Waals surface area contributed by atoms with Gasteiger partial charge in [-0.1, -0.05) is 20.8 Å². The second kappa shape index (κ2) is 6.97. The van der Waals surface area contributed by atoms with Crippen LogP contribution >= 0.6 is 0 Å². The van der Waals surface area contributed by atoms with E-state index in [2.05, 4.69) is 20.8 Å². The predicted octanol–water partition coefficient (Wildman–Crippen LogP) is 6.00. The number of esters is 1. The normalized spacial score (nSPS) is 51.7. The molecule has 3 heteroatoms. The molecule has 4 aliphatic carbocycles. The molecule has 5 unspecified atom stereocenters. The summed E-state index contributed by atoms with van der Waals surface area (Å²) in [5.41, 5.74) is 1.37. The molecule has 29 heavy (non-hydrogen) atoms. The van der Waals surface area contributed by atoms with Crippen LogP contribution < -0.4 is 0 Å². The zero-order valence-corrected chi connectivity index (χ0v) is 19.2. The first kappa shape index (κ1) is 20.3. The first-order chi connectivity index (χ1) is 13.8. The SMILES string of the molecule is COC(=O)CCC(C)C1CCC2C3CC[C@H]4C[C@]5(CC[C@@]4(C)C3CC[C@@]12C)CO5. The fraction of sp³-hybridized carbons (Fsp3) is 0.962. The van der Waals surface area contributed by atoms with Crippen LogP contribution in [0, 0.1) is 46.3 Å². The average molecular weight is 403 g/mol. The molecule has 0 radical (unpaired) electrons. The summed E-state index contributed by atoms with van der Waals surface area (Å²) in [6.45, 7) is 8.74. The summed E-state index contributed by atoms with van der Waals surface area (Å²) in [7, 11) is 1.51. The highest BCUT2D eigenvalue weighted by Gasteiger charge is 2.63. The van der Waals surface area contributed by atoms with E-state index < -0.39 is 0 Å². The topological polar surface area (TPSA) is 38.8 Å². The van der Waals surface area contributed by atoms with Gasteiger partial charge < -0.3 is 9.47 Å². The fourth-order valence-corrected chi connectivity index (χ4v) is 9.30. The summed E-state index contributed by atoms with van der Waals surface area (Å²) in [5, 5.41) is 0. The van der Waals surface area contributed by atoms with Crippen LogP contribution in [0.2, 0.25) is 0 Å². The molecule has 0 bridgehead atoms. The number of epoxide rings is 1. The number of hydrogen-bond donors (Lipinski definition) is 0. The van der Waals surface area contributed by atoms with Crippen molar-refractivity contribution in [3.05, 3.63) is 0 Å². The quantitative estimate of drug-likeness (QED) is 0.427. The predicted molar refractivity (Wildman–Crippen MR) is 114 cm³/mol. The summed E-state index contributed by atoms with van der Waals surface area (Å²) < 4.78 is 10.8. The molecule has 4 saturated carbocycles. The van der Waals surface area contributed by atoms with E-state index in [4.69, 9.17) is 9.47 Å². The minimum Gasteiger partial charge on any atom is -0.469 e. The molecule has 5 fully saturated rings. The molecule has 0 amide bonds. The molecule has 164 valence electrons. The maximum Gasteiger partial charge on any atom is 0.305 e. The molecule has 1 saturated heterocycles. The van der Waals surface area contributed by atoms with Gasteiger partial charge in [-0.2, -0.15) is 0 Å². The third-order valence-corrected chi connectivity index (χ3v) is 11.1. The minimum atomic E-state index is -0.0405. The van der Waals surface area contributed by atoms with Crippen LogP contribution in [-0.4, -0.2) is 25.3 Å². The second-order valence-corrected chi connectivity index (χ2v) is 12.2. The maximum atomic E-state index is 11.7. The van der Waals surface area contributed by atoms with Gasteiger partial charge in [0.2, 0.25) is 0 Å². The Morgan fingerprint density at radius 1 is 1.03 bits per heavy atom. The van der Waals surface area contributed by atoms with Crippen LogP contribution in [0.3, 0.4) is 0 Å². The van der Waals surface area contributed by atoms with Gasteiger partial charge in [-0.15, -0.1) is 0 Å². The van der Waals surface area contributed by atoms with Gasteiger partial charge in [0, 0.05) is 6.42 Å². The van der Waals surface area contributed by atoms with E-state index in [1.54, 1.807) is 0 Å². The minimum absolute atomic E-state index is 0.0405. The third kappa shape index (κ3) is 3.12. The van der Waals surface area contributed by atoms with E-state index >= 15 is 0 Å². The zero-order chi connectivity index (χ0) is 20.4. The van der Waals surface area contributed by atoms with E-state index in [1.807, 2.05) is 0 Å². The molecule has 0 aromatic rings. The Labute approximate surface area is 177 Å². The summed E-state index contributed by atoms with van der Waals surface area (Å²) in [5.74, 6) is 5.09. The number of hydrogen-bond acceptors (Lipinski definition) is 3. The lowest BCUT2D eigenvalue weighted by atomic mass is 9.44. The molecule has 3 nitrogen and oxygen atoms in total. The lowest BCUT2D eigenvalue weighted by Gasteiger charge is -2.61. The largest absolute Gasteiger partial charge is 0.469 e. The van der Waals surface area contributed by atoms with Gasteiger partial charge in [-0.25, -0.2) is 0 Å². The lowest BCUT2D eigenvalue weighted by molar-refractivity contribution is -0.141. The smallest absolute Gasteiger partial charge is 0.305 e. The van der Waals surface area contributed by atoms with Gasteiger partial charge in [0.1, 0.15) is 0 Å². The van der Waals surface area contributed by atoms with Crippen molar-refractivity contribution in [2.45, 2.75) is 97.0 Å². The summed E-state index contributed by atoms with van der Waals surface area (Å²) in [4.78, 5) is 11.7. The van der Waals surface area contributed by atoms with Crippen LogP contribution in [0.1, 0.15) is 91.4 Å². The Morgan fingerprint density at radius 3 is 2.52 bits per heavy atom. The third-order valence-electron chi connectivity index (χ3n) is 11.1. The molecule has 1 spiro atoms. The van der Waals surface area contributed by atoms with Crippen LogP contribution in [-0.2, 0) is 14.3 Å². The van der Waals surface area contributed by atoms with Crippen molar-refractivity contribution in [1.82, 2.24) is 0 Å². The number of rotatable bonds is 4. The number of ether oxygens (including phenoxy) is 2. The van der Waals surface area contributed by atoms with Crippen molar-refractivity contribution >= 4 is 5.97 Å². The molecule has 5 rings (SSSR count). The van der Waals surface area contributed by atoms with E-state index in [-0.39, 0.29) is 5.97 Å². The molecular weight excluding hydrogens is 360 g/mol. The molecule has 0 N–H and O–H groups in total. The number of fused-ring (bicyclic) bond motifs is 5. The van der Waals surface area contributed by atoms with Crippen LogP contribution in [0.5, 0.6) is 0 Å².